The van der Waals surface area contributed by atoms with Crippen molar-refractivity contribution in [2.24, 2.45) is 0 Å². The maximum absolute atomic E-state index is 11.4. The number of hydrogen-bond donors (Lipinski definition) is 1. The van der Waals surface area contributed by atoms with E-state index in [9.17, 15) is 10.1 Å². The minimum atomic E-state index is -2.56. The highest BCUT2D eigenvalue weighted by atomic mass is 28.4. The summed E-state index contributed by atoms with van der Waals surface area (Å²) in [6.45, 7) is 3.34. The molecule has 1 aromatic rings. The van der Waals surface area contributed by atoms with Crippen molar-refractivity contribution in [3.63, 3.8) is 0 Å². The molecule has 9 nitrogen and oxygen atoms in total. The third-order valence-electron chi connectivity index (χ3n) is 4.38. The van der Waals surface area contributed by atoms with Crippen LogP contribution in [0.3, 0.4) is 0 Å². The van der Waals surface area contributed by atoms with Gasteiger partial charge in [-0.3, -0.25) is 10.1 Å². The lowest BCUT2D eigenvalue weighted by atomic mass is 10.1. The highest BCUT2D eigenvalue weighted by Gasteiger charge is 2.36. The van der Waals surface area contributed by atoms with Crippen LogP contribution in [0.2, 0.25) is 6.04 Å². The number of benzene rings is 1. The molecule has 0 unspecified atom stereocenters. The van der Waals surface area contributed by atoms with Crippen molar-refractivity contribution in [1.29, 1.82) is 0 Å². The number of nitrogens with one attached hydrogen (secondary N) is 1. The SMILES string of the molecule is CCCNc1cc([N+](=O)[O-])c(COCCCC[Si](OC)(OC)OC)cc1OC. The zero-order chi connectivity index (χ0) is 21.0. The van der Waals surface area contributed by atoms with Crippen LogP contribution in [0.15, 0.2) is 12.1 Å². The van der Waals surface area contributed by atoms with Gasteiger partial charge >= 0.3 is 8.80 Å². The Balaban J connectivity index is 2.64. The fourth-order valence-corrected chi connectivity index (χ4v) is 4.54. The third kappa shape index (κ3) is 7.02. The van der Waals surface area contributed by atoms with Crippen LogP contribution in [0, 0.1) is 10.1 Å². The summed E-state index contributed by atoms with van der Waals surface area (Å²) >= 11 is 0. The number of hydrogen-bond acceptors (Lipinski definition) is 8. The first-order valence-corrected chi connectivity index (χ1v) is 11.2. The van der Waals surface area contributed by atoms with Gasteiger partial charge in [0.2, 0.25) is 0 Å². The Morgan fingerprint density at radius 1 is 1.11 bits per heavy atom. The molecule has 10 heteroatoms. The summed E-state index contributed by atoms with van der Waals surface area (Å²) in [7, 11) is 3.73. The lowest BCUT2D eigenvalue weighted by Crippen LogP contribution is -2.42. The first-order chi connectivity index (χ1) is 13.5. The maximum atomic E-state index is 11.4. The monoisotopic (exact) mass is 416 g/mol. The van der Waals surface area contributed by atoms with Crippen LogP contribution in [0.5, 0.6) is 5.75 Å². The van der Waals surface area contributed by atoms with Gasteiger partial charge in [-0.25, -0.2) is 0 Å². The maximum Gasteiger partial charge on any atom is 0.500 e. The van der Waals surface area contributed by atoms with Crippen LogP contribution in [0.25, 0.3) is 0 Å². The van der Waals surface area contributed by atoms with Gasteiger partial charge in [0.05, 0.1) is 29.9 Å². The second kappa shape index (κ2) is 12.7. The predicted molar refractivity (Wildman–Crippen MR) is 109 cm³/mol. The average Bonchev–Trinajstić information content (AvgIpc) is 2.72. The summed E-state index contributed by atoms with van der Waals surface area (Å²) in [6.07, 6.45) is 2.49. The second-order valence-corrected chi connectivity index (χ2v) is 9.26. The number of nitrogens with zero attached hydrogens (tertiary/aromatic N) is 1. The molecule has 0 saturated heterocycles. The predicted octanol–water partition coefficient (Wildman–Crippen LogP) is 3.60. The fourth-order valence-electron chi connectivity index (χ4n) is 2.75. The van der Waals surface area contributed by atoms with E-state index in [1.54, 1.807) is 34.5 Å². The molecule has 0 aliphatic rings. The van der Waals surface area contributed by atoms with Gasteiger partial charge in [0.25, 0.3) is 5.69 Å². The molecule has 0 fully saturated rings. The van der Waals surface area contributed by atoms with Gasteiger partial charge in [-0.2, -0.15) is 0 Å². The summed E-state index contributed by atoms with van der Waals surface area (Å²) in [5.41, 5.74) is 1.11. The van der Waals surface area contributed by atoms with Crippen molar-refractivity contribution in [2.75, 3.05) is 46.9 Å². The quantitative estimate of drug-likeness (QED) is 0.200. The minimum Gasteiger partial charge on any atom is -0.495 e. The van der Waals surface area contributed by atoms with E-state index in [1.807, 2.05) is 6.92 Å². The van der Waals surface area contributed by atoms with E-state index in [2.05, 4.69) is 5.32 Å². The van der Waals surface area contributed by atoms with Crippen molar-refractivity contribution in [3.05, 3.63) is 27.8 Å². The lowest BCUT2D eigenvalue weighted by Gasteiger charge is -2.24. The first kappa shape index (κ1) is 24.3. The average molecular weight is 417 g/mol. The van der Waals surface area contributed by atoms with Gasteiger partial charge in [0.1, 0.15) is 5.75 Å². The number of anilines is 1. The van der Waals surface area contributed by atoms with Gasteiger partial charge in [-0.05, 0) is 25.3 Å². The van der Waals surface area contributed by atoms with Gasteiger partial charge < -0.3 is 28.1 Å². The molecule has 0 spiro atoms. The van der Waals surface area contributed by atoms with Crippen molar-refractivity contribution >= 4 is 20.2 Å². The van der Waals surface area contributed by atoms with Crippen LogP contribution in [0.1, 0.15) is 31.7 Å². The Morgan fingerprint density at radius 2 is 1.79 bits per heavy atom. The summed E-state index contributed by atoms with van der Waals surface area (Å²) in [5, 5.41) is 14.6. The van der Waals surface area contributed by atoms with E-state index in [1.165, 1.54) is 6.07 Å². The minimum absolute atomic E-state index is 0.0176. The Hall–Kier alpha value is -1.72. The van der Waals surface area contributed by atoms with Gasteiger partial charge in [0.15, 0.2) is 0 Å². The third-order valence-corrected chi connectivity index (χ3v) is 7.21. The number of methoxy groups -OCH3 is 1. The summed E-state index contributed by atoms with van der Waals surface area (Å²) in [4.78, 5) is 11.0. The van der Waals surface area contributed by atoms with Gasteiger partial charge in [0, 0.05) is 46.6 Å². The molecular formula is C18H32N2O7Si. The molecule has 1 rings (SSSR count). The van der Waals surface area contributed by atoms with Crippen LogP contribution >= 0.6 is 0 Å². The molecule has 0 atom stereocenters. The zero-order valence-corrected chi connectivity index (χ0v) is 18.4. The topological polar surface area (TPSA) is 101 Å². The summed E-state index contributed by atoms with van der Waals surface area (Å²) in [5.74, 6) is 0.564. The molecule has 0 aliphatic heterocycles. The molecule has 0 bridgehead atoms. The number of ether oxygens (including phenoxy) is 2. The Bertz CT molecular complexity index is 604. The first-order valence-electron chi connectivity index (χ1n) is 9.29. The van der Waals surface area contributed by atoms with E-state index < -0.39 is 13.7 Å². The van der Waals surface area contributed by atoms with Crippen LogP contribution in [0.4, 0.5) is 11.4 Å². The van der Waals surface area contributed by atoms with Crippen LogP contribution < -0.4 is 10.1 Å². The van der Waals surface area contributed by atoms with Crippen LogP contribution in [-0.2, 0) is 24.6 Å². The zero-order valence-electron chi connectivity index (χ0n) is 17.4. The molecule has 0 aliphatic carbocycles. The largest absolute Gasteiger partial charge is 0.500 e. The smallest absolute Gasteiger partial charge is 0.495 e. The molecule has 0 radical (unpaired) electrons. The molecule has 0 saturated carbocycles. The highest BCUT2D eigenvalue weighted by Crippen LogP contribution is 2.33. The molecule has 0 aromatic heterocycles. The van der Waals surface area contributed by atoms with Gasteiger partial charge in [-0.15, -0.1) is 0 Å². The molecule has 1 aromatic carbocycles. The molecular weight excluding hydrogens is 384 g/mol. The lowest BCUT2D eigenvalue weighted by molar-refractivity contribution is -0.385. The molecule has 28 heavy (non-hydrogen) atoms. The summed E-state index contributed by atoms with van der Waals surface area (Å²) < 4.78 is 27.2. The molecule has 1 N–H and O–H groups in total. The van der Waals surface area contributed by atoms with E-state index in [0.29, 0.717) is 36.2 Å². The number of nitro groups is 1. The van der Waals surface area contributed by atoms with Gasteiger partial charge in [-0.1, -0.05) is 6.92 Å². The van der Waals surface area contributed by atoms with Crippen molar-refractivity contribution < 1.29 is 27.7 Å². The fraction of sp³-hybridized carbons (Fsp3) is 0.667. The summed E-state index contributed by atoms with van der Waals surface area (Å²) in [6, 6.07) is 3.85. The van der Waals surface area contributed by atoms with Crippen LogP contribution in [-0.4, -0.2) is 55.3 Å². The Kier molecular flexibility index (Phi) is 11.0. The standard InChI is InChI=1S/C18H32N2O7Si/c1-6-9-19-16-13-17(20(21)22)15(12-18(16)23-2)14-27-10-7-8-11-28(24-3,25-4)26-5/h12-13,19H,6-11,14H2,1-5H3. The number of rotatable bonds is 15. The second-order valence-electron chi connectivity index (χ2n) is 6.17. The molecule has 0 heterocycles. The van der Waals surface area contributed by atoms with E-state index >= 15 is 0 Å². The highest BCUT2D eigenvalue weighted by molar-refractivity contribution is 6.60. The Labute approximate surface area is 167 Å². The molecule has 160 valence electrons. The van der Waals surface area contributed by atoms with Crippen molar-refractivity contribution in [3.8, 4) is 5.75 Å². The number of nitro benzene ring substituents is 1. The number of unbranched alkanes of at least 4 members (excludes halogenated alkanes) is 1. The van der Waals surface area contributed by atoms with Crippen molar-refractivity contribution in [2.45, 2.75) is 38.8 Å². The van der Waals surface area contributed by atoms with E-state index in [4.69, 9.17) is 22.8 Å². The molecule has 0 amide bonds. The van der Waals surface area contributed by atoms with Crippen molar-refractivity contribution in [1.82, 2.24) is 0 Å². The Morgan fingerprint density at radius 3 is 2.32 bits per heavy atom. The van der Waals surface area contributed by atoms with E-state index in [-0.39, 0.29) is 12.3 Å². The normalized spacial score (nSPS) is 11.5. The van der Waals surface area contributed by atoms with E-state index in [0.717, 1.165) is 19.3 Å².